The minimum atomic E-state index is 0.764. The van der Waals surface area contributed by atoms with Gasteiger partial charge >= 0.3 is 0 Å². The molecule has 3 rings (SSSR count). The third-order valence-electron chi connectivity index (χ3n) is 3.50. The SMILES string of the molecule is Clc1ccc(-c2cc(I)c(-c3ccc(Cl)cc3I)cc2I)c(I)c1. The number of benzene rings is 3. The van der Waals surface area contributed by atoms with Gasteiger partial charge in [-0.15, -0.1) is 0 Å². The summed E-state index contributed by atoms with van der Waals surface area (Å²) >= 11 is 21.7. The van der Waals surface area contributed by atoms with Crippen molar-refractivity contribution in [3.05, 3.63) is 72.9 Å². The van der Waals surface area contributed by atoms with Crippen molar-refractivity contribution in [1.29, 1.82) is 0 Å². The molecule has 0 heterocycles. The van der Waals surface area contributed by atoms with Gasteiger partial charge in [0.15, 0.2) is 0 Å². The third kappa shape index (κ3) is 4.35. The first-order valence-corrected chi connectivity index (χ1v) is 11.8. The van der Waals surface area contributed by atoms with Crippen molar-refractivity contribution >= 4 is 114 Å². The molecule has 0 bridgehead atoms. The van der Waals surface area contributed by atoms with E-state index in [1.165, 1.54) is 29.4 Å². The summed E-state index contributed by atoms with van der Waals surface area (Å²) in [7, 11) is 0. The molecule has 0 nitrogen and oxygen atoms in total. The quantitative estimate of drug-likeness (QED) is 0.228. The highest BCUT2D eigenvalue weighted by Gasteiger charge is 2.14. The summed E-state index contributed by atoms with van der Waals surface area (Å²) in [6.07, 6.45) is 0. The van der Waals surface area contributed by atoms with Crippen molar-refractivity contribution in [1.82, 2.24) is 0 Å². The lowest BCUT2D eigenvalue weighted by atomic mass is 10.0. The molecule has 6 heteroatoms. The molecule has 0 fully saturated rings. The van der Waals surface area contributed by atoms with Gasteiger partial charge in [-0.2, -0.15) is 0 Å². The van der Waals surface area contributed by atoms with Crippen LogP contribution in [0.25, 0.3) is 22.3 Å². The Morgan fingerprint density at radius 2 is 0.792 bits per heavy atom. The highest BCUT2D eigenvalue weighted by molar-refractivity contribution is 14.1. The topological polar surface area (TPSA) is 0 Å². The average molecular weight is 803 g/mol. The maximum Gasteiger partial charge on any atom is 0.0416 e. The van der Waals surface area contributed by atoms with Gasteiger partial charge in [0.1, 0.15) is 0 Å². The molecule has 0 aliphatic rings. The lowest BCUT2D eigenvalue weighted by Gasteiger charge is -2.14. The predicted octanol–water partition coefficient (Wildman–Crippen LogP) is 8.75. The van der Waals surface area contributed by atoms with E-state index in [0.717, 1.165) is 17.2 Å². The Morgan fingerprint density at radius 3 is 1.12 bits per heavy atom. The Labute approximate surface area is 205 Å². The van der Waals surface area contributed by atoms with E-state index < -0.39 is 0 Å². The fraction of sp³-hybridized carbons (Fsp3) is 0. The molecule has 0 aliphatic heterocycles. The van der Waals surface area contributed by atoms with Crippen molar-refractivity contribution in [3.63, 3.8) is 0 Å². The molecule has 3 aromatic rings. The van der Waals surface area contributed by atoms with Crippen LogP contribution in [0, 0.1) is 14.3 Å². The van der Waals surface area contributed by atoms with Gasteiger partial charge in [0.2, 0.25) is 0 Å². The summed E-state index contributed by atoms with van der Waals surface area (Å²) in [5, 5.41) is 1.53. The van der Waals surface area contributed by atoms with E-state index in [0.29, 0.717) is 0 Å². The summed E-state index contributed by atoms with van der Waals surface area (Å²) < 4.78 is 4.74. The molecule has 0 unspecified atom stereocenters. The second-order valence-electron chi connectivity index (χ2n) is 5.06. The van der Waals surface area contributed by atoms with Crippen LogP contribution in [0.1, 0.15) is 0 Å². The molecule has 0 atom stereocenters. The Morgan fingerprint density at radius 1 is 0.458 bits per heavy atom. The lowest BCUT2D eigenvalue weighted by molar-refractivity contribution is 1.50. The smallest absolute Gasteiger partial charge is 0.0416 e. The van der Waals surface area contributed by atoms with E-state index in [-0.39, 0.29) is 0 Å². The Hall–Kier alpha value is 1.16. The number of halogens is 6. The van der Waals surface area contributed by atoms with Gasteiger partial charge in [0.25, 0.3) is 0 Å². The average Bonchev–Trinajstić information content (AvgIpc) is 2.50. The van der Waals surface area contributed by atoms with Crippen LogP contribution in [0.3, 0.4) is 0 Å². The van der Waals surface area contributed by atoms with Crippen LogP contribution in [-0.4, -0.2) is 0 Å². The molecule has 0 saturated heterocycles. The van der Waals surface area contributed by atoms with Crippen LogP contribution in [0.5, 0.6) is 0 Å². The fourth-order valence-corrected chi connectivity index (χ4v) is 6.21. The van der Waals surface area contributed by atoms with E-state index in [1.54, 1.807) is 0 Å². The van der Waals surface area contributed by atoms with Crippen LogP contribution in [0.4, 0.5) is 0 Å². The highest BCUT2D eigenvalue weighted by Crippen LogP contribution is 2.38. The first-order valence-electron chi connectivity index (χ1n) is 6.76. The minimum Gasteiger partial charge on any atom is -0.0843 e. The van der Waals surface area contributed by atoms with Gasteiger partial charge in [-0.3, -0.25) is 0 Å². The zero-order chi connectivity index (χ0) is 17.4. The molecule has 0 saturated carbocycles. The molecular weight excluding hydrogens is 795 g/mol. The van der Waals surface area contributed by atoms with Crippen LogP contribution < -0.4 is 0 Å². The standard InChI is InChI=1S/C18H8Cl2I4/c19-9-1-3-11(15(21)5-9)13-7-18(24)14(8-17(13)23)12-4-2-10(20)6-16(12)22/h1-8H. The monoisotopic (exact) mass is 802 g/mol. The van der Waals surface area contributed by atoms with Crippen molar-refractivity contribution in [3.8, 4) is 22.3 Å². The van der Waals surface area contributed by atoms with Crippen molar-refractivity contribution in [2.45, 2.75) is 0 Å². The van der Waals surface area contributed by atoms with Crippen LogP contribution in [-0.2, 0) is 0 Å². The number of hydrogen-bond donors (Lipinski definition) is 0. The molecule has 0 aliphatic carbocycles. The summed E-state index contributed by atoms with van der Waals surface area (Å²) in [5.74, 6) is 0. The maximum absolute atomic E-state index is 6.09. The van der Waals surface area contributed by atoms with Crippen LogP contribution in [0.15, 0.2) is 48.5 Å². The minimum absolute atomic E-state index is 0.764. The van der Waals surface area contributed by atoms with Gasteiger partial charge in [0, 0.05) is 24.3 Å². The largest absolute Gasteiger partial charge is 0.0843 e. The van der Waals surface area contributed by atoms with Gasteiger partial charge < -0.3 is 0 Å². The number of hydrogen-bond acceptors (Lipinski definition) is 0. The fourth-order valence-electron chi connectivity index (χ4n) is 2.38. The van der Waals surface area contributed by atoms with Crippen molar-refractivity contribution in [2.75, 3.05) is 0 Å². The second-order valence-corrected chi connectivity index (χ2v) is 10.6. The second kappa shape index (κ2) is 8.45. The Balaban J connectivity index is 2.15. The number of rotatable bonds is 2. The summed E-state index contributed by atoms with van der Waals surface area (Å²) in [6, 6.07) is 16.5. The van der Waals surface area contributed by atoms with Crippen molar-refractivity contribution < 1.29 is 0 Å². The van der Waals surface area contributed by atoms with Gasteiger partial charge in [-0.25, -0.2) is 0 Å². The van der Waals surface area contributed by atoms with E-state index >= 15 is 0 Å². The zero-order valence-electron chi connectivity index (χ0n) is 11.9. The van der Waals surface area contributed by atoms with E-state index in [1.807, 2.05) is 24.3 Å². The van der Waals surface area contributed by atoms with E-state index in [4.69, 9.17) is 23.2 Å². The molecule has 0 N–H and O–H groups in total. The van der Waals surface area contributed by atoms with Crippen molar-refractivity contribution in [2.24, 2.45) is 0 Å². The molecule has 122 valence electrons. The van der Waals surface area contributed by atoms with Gasteiger partial charge in [-0.05, 0) is 149 Å². The first-order chi connectivity index (χ1) is 11.4. The lowest BCUT2D eigenvalue weighted by Crippen LogP contribution is -1.93. The predicted molar refractivity (Wildman–Crippen MR) is 138 cm³/mol. The van der Waals surface area contributed by atoms with Gasteiger partial charge in [0.05, 0.1) is 0 Å². The Bertz CT molecular complexity index is 861. The normalized spacial score (nSPS) is 10.9. The molecule has 0 spiro atoms. The van der Waals surface area contributed by atoms with Crippen LogP contribution in [0.2, 0.25) is 10.0 Å². The molecule has 0 radical (unpaired) electrons. The maximum atomic E-state index is 6.09. The Kier molecular flexibility index (Phi) is 7.01. The molecular formula is C18H8Cl2I4. The highest BCUT2D eigenvalue weighted by atomic mass is 127. The first kappa shape index (κ1) is 19.9. The summed E-state index contributed by atoms with van der Waals surface area (Å²) in [4.78, 5) is 0. The van der Waals surface area contributed by atoms with E-state index in [2.05, 4.69) is 115 Å². The molecule has 0 amide bonds. The molecule has 24 heavy (non-hydrogen) atoms. The molecule has 3 aromatic carbocycles. The van der Waals surface area contributed by atoms with Gasteiger partial charge in [-0.1, -0.05) is 35.3 Å². The van der Waals surface area contributed by atoms with Crippen LogP contribution >= 0.6 is 114 Å². The van der Waals surface area contributed by atoms with E-state index in [9.17, 15) is 0 Å². The zero-order valence-corrected chi connectivity index (χ0v) is 22.0. The third-order valence-corrected chi connectivity index (χ3v) is 7.54. The molecule has 0 aromatic heterocycles. The summed E-state index contributed by atoms with van der Waals surface area (Å²) in [5.41, 5.74) is 4.88. The summed E-state index contributed by atoms with van der Waals surface area (Å²) in [6.45, 7) is 0.